The minimum atomic E-state index is -0.0490. The molecular formula is C17H16BrN3. The van der Waals surface area contributed by atoms with Crippen LogP contribution in [0.1, 0.15) is 22.7 Å². The topological polar surface area (TPSA) is 50.9 Å². The van der Waals surface area contributed by atoms with Crippen molar-refractivity contribution in [2.75, 3.05) is 0 Å². The monoisotopic (exact) mass is 341 g/mol. The zero-order chi connectivity index (χ0) is 14.8. The van der Waals surface area contributed by atoms with Gasteiger partial charge in [0.25, 0.3) is 0 Å². The largest absolute Gasteiger partial charge is 0.271 e. The summed E-state index contributed by atoms with van der Waals surface area (Å²) in [5.41, 5.74) is 7.40. The van der Waals surface area contributed by atoms with E-state index in [9.17, 15) is 0 Å². The number of fused-ring (bicyclic) bond motifs is 1. The van der Waals surface area contributed by atoms with Crippen molar-refractivity contribution in [1.82, 2.24) is 10.4 Å². The Morgan fingerprint density at radius 1 is 1.14 bits per heavy atom. The first-order valence-electron chi connectivity index (χ1n) is 6.76. The van der Waals surface area contributed by atoms with Crippen molar-refractivity contribution < 1.29 is 0 Å². The average Bonchev–Trinajstić information content (AvgIpc) is 2.51. The van der Waals surface area contributed by atoms with Crippen LogP contribution >= 0.6 is 15.9 Å². The van der Waals surface area contributed by atoms with Gasteiger partial charge in [-0.3, -0.25) is 10.8 Å². The smallest absolute Gasteiger partial charge is 0.0713 e. The van der Waals surface area contributed by atoms with Crippen molar-refractivity contribution in [2.45, 2.75) is 13.0 Å². The number of rotatable bonds is 3. The maximum atomic E-state index is 5.82. The van der Waals surface area contributed by atoms with Gasteiger partial charge in [-0.25, -0.2) is 5.43 Å². The van der Waals surface area contributed by atoms with E-state index in [0.29, 0.717) is 0 Å². The highest BCUT2D eigenvalue weighted by molar-refractivity contribution is 9.10. The molecule has 0 fully saturated rings. The Kier molecular flexibility index (Phi) is 4.01. The van der Waals surface area contributed by atoms with Gasteiger partial charge in [-0.2, -0.15) is 0 Å². The molecule has 3 aromatic rings. The number of nitrogens with zero attached hydrogens (tertiary/aromatic N) is 1. The van der Waals surface area contributed by atoms with Crippen LogP contribution in [0.3, 0.4) is 0 Å². The van der Waals surface area contributed by atoms with E-state index in [4.69, 9.17) is 5.84 Å². The lowest BCUT2D eigenvalue weighted by Gasteiger charge is -2.20. The van der Waals surface area contributed by atoms with E-state index in [0.717, 1.165) is 26.5 Å². The summed E-state index contributed by atoms with van der Waals surface area (Å²) in [4.78, 5) is 4.35. The van der Waals surface area contributed by atoms with Crippen LogP contribution < -0.4 is 11.3 Å². The minimum Gasteiger partial charge on any atom is -0.271 e. The van der Waals surface area contributed by atoms with Crippen molar-refractivity contribution in [3.8, 4) is 0 Å². The highest BCUT2D eigenvalue weighted by Gasteiger charge is 2.15. The van der Waals surface area contributed by atoms with Gasteiger partial charge in [-0.15, -0.1) is 0 Å². The van der Waals surface area contributed by atoms with Gasteiger partial charge in [0.05, 0.1) is 11.6 Å². The van der Waals surface area contributed by atoms with Crippen LogP contribution in [0.15, 0.2) is 59.2 Å². The van der Waals surface area contributed by atoms with Crippen molar-refractivity contribution in [2.24, 2.45) is 5.84 Å². The summed E-state index contributed by atoms with van der Waals surface area (Å²) in [7, 11) is 0. The molecule has 0 radical (unpaired) electrons. The van der Waals surface area contributed by atoms with Gasteiger partial charge < -0.3 is 0 Å². The van der Waals surface area contributed by atoms with E-state index >= 15 is 0 Å². The molecule has 3 rings (SSSR count). The van der Waals surface area contributed by atoms with Crippen LogP contribution in [0.25, 0.3) is 10.9 Å². The molecule has 0 amide bonds. The summed E-state index contributed by atoms with van der Waals surface area (Å²) in [6, 6.07) is 16.4. The zero-order valence-corrected chi connectivity index (χ0v) is 13.3. The van der Waals surface area contributed by atoms with Crippen LogP contribution in [0.2, 0.25) is 0 Å². The second-order valence-corrected chi connectivity index (χ2v) is 5.97. The Morgan fingerprint density at radius 2 is 2.00 bits per heavy atom. The van der Waals surface area contributed by atoms with Crippen LogP contribution in [0.4, 0.5) is 0 Å². The third-order valence-electron chi connectivity index (χ3n) is 3.68. The minimum absolute atomic E-state index is 0.0490. The van der Waals surface area contributed by atoms with Gasteiger partial charge in [0, 0.05) is 16.1 Å². The van der Waals surface area contributed by atoms with E-state index in [1.807, 2.05) is 18.2 Å². The Hall–Kier alpha value is -1.75. The third-order valence-corrected chi connectivity index (χ3v) is 4.17. The van der Waals surface area contributed by atoms with Gasteiger partial charge in [-0.1, -0.05) is 34.1 Å². The fourth-order valence-corrected chi connectivity index (χ4v) is 2.94. The molecule has 0 aliphatic carbocycles. The second kappa shape index (κ2) is 5.93. The summed E-state index contributed by atoms with van der Waals surface area (Å²) in [5, 5.41) is 1.11. The Balaban J connectivity index is 2.11. The van der Waals surface area contributed by atoms with Gasteiger partial charge >= 0.3 is 0 Å². The standard InChI is InChI=1S/C17H16BrN3/c1-11-4-6-14(18)10-15(11)17(21-19)13-5-7-16-12(9-13)3-2-8-20-16/h2-10,17,21H,19H2,1H3. The number of hydrogen-bond donors (Lipinski definition) is 2. The molecule has 2 aromatic carbocycles. The molecule has 3 nitrogen and oxygen atoms in total. The predicted octanol–water partition coefficient (Wildman–Crippen LogP) is 3.86. The Morgan fingerprint density at radius 3 is 2.81 bits per heavy atom. The number of aromatic nitrogens is 1. The average molecular weight is 342 g/mol. The van der Waals surface area contributed by atoms with Gasteiger partial charge in [0.1, 0.15) is 0 Å². The molecule has 1 unspecified atom stereocenters. The maximum Gasteiger partial charge on any atom is 0.0713 e. The van der Waals surface area contributed by atoms with E-state index in [1.165, 1.54) is 5.56 Å². The molecule has 0 spiro atoms. The lowest BCUT2D eigenvalue weighted by atomic mass is 9.94. The second-order valence-electron chi connectivity index (χ2n) is 5.06. The van der Waals surface area contributed by atoms with Crippen LogP contribution in [-0.4, -0.2) is 4.98 Å². The van der Waals surface area contributed by atoms with Crippen molar-refractivity contribution in [3.63, 3.8) is 0 Å². The predicted molar refractivity (Wildman–Crippen MR) is 89.8 cm³/mol. The van der Waals surface area contributed by atoms with E-state index in [1.54, 1.807) is 6.20 Å². The summed E-state index contributed by atoms with van der Waals surface area (Å²) >= 11 is 3.53. The number of aryl methyl sites for hydroxylation is 1. The molecule has 0 bridgehead atoms. The first-order valence-corrected chi connectivity index (χ1v) is 7.55. The first-order chi connectivity index (χ1) is 10.2. The molecule has 0 aliphatic heterocycles. The van der Waals surface area contributed by atoms with Gasteiger partial charge in [0.15, 0.2) is 0 Å². The van der Waals surface area contributed by atoms with Gasteiger partial charge in [0.2, 0.25) is 0 Å². The molecule has 4 heteroatoms. The number of halogens is 1. The van der Waals surface area contributed by atoms with Crippen LogP contribution in [-0.2, 0) is 0 Å². The highest BCUT2D eigenvalue weighted by atomic mass is 79.9. The molecule has 0 saturated heterocycles. The lowest BCUT2D eigenvalue weighted by molar-refractivity contribution is 0.634. The van der Waals surface area contributed by atoms with E-state index in [2.05, 4.69) is 63.6 Å². The highest BCUT2D eigenvalue weighted by Crippen LogP contribution is 2.28. The molecule has 0 aliphatic rings. The number of pyridine rings is 1. The molecule has 106 valence electrons. The number of hydrogen-bond acceptors (Lipinski definition) is 3. The molecule has 3 N–H and O–H groups in total. The van der Waals surface area contributed by atoms with Gasteiger partial charge in [-0.05, 0) is 53.9 Å². The molecule has 0 saturated carbocycles. The quantitative estimate of drug-likeness (QED) is 0.561. The number of nitrogens with one attached hydrogen (secondary N) is 1. The molecular weight excluding hydrogens is 326 g/mol. The summed E-state index contributed by atoms with van der Waals surface area (Å²) in [6.07, 6.45) is 1.80. The number of nitrogens with two attached hydrogens (primary N) is 1. The maximum absolute atomic E-state index is 5.82. The van der Waals surface area contributed by atoms with Crippen LogP contribution in [0, 0.1) is 6.92 Å². The first kappa shape index (κ1) is 14.2. The fourth-order valence-electron chi connectivity index (χ4n) is 2.56. The summed E-state index contributed by atoms with van der Waals surface area (Å²) in [6.45, 7) is 2.09. The van der Waals surface area contributed by atoms with E-state index in [-0.39, 0.29) is 6.04 Å². The number of benzene rings is 2. The Bertz CT molecular complexity index is 786. The SMILES string of the molecule is Cc1ccc(Br)cc1C(NN)c1ccc2ncccc2c1. The summed E-state index contributed by atoms with van der Waals surface area (Å²) < 4.78 is 1.05. The zero-order valence-electron chi connectivity index (χ0n) is 11.7. The summed E-state index contributed by atoms with van der Waals surface area (Å²) in [5.74, 6) is 5.82. The molecule has 1 heterocycles. The normalized spacial score (nSPS) is 12.5. The Labute approximate surface area is 132 Å². The molecule has 1 atom stereocenters. The molecule has 1 aromatic heterocycles. The van der Waals surface area contributed by atoms with Crippen molar-refractivity contribution in [1.29, 1.82) is 0 Å². The van der Waals surface area contributed by atoms with Crippen LogP contribution in [0.5, 0.6) is 0 Å². The third kappa shape index (κ3) is 2.83. The number of hydrazine groups is 1. The molecule has 21 heavy (non-hydrogen) atoms. The van der Waals surface area contributed by atoms with Crippen molar-refractivity contribution in [3.05, 3.63) is 75.9 Å². The van der Waals surface area contributed by atoms with E-state index < -0.39 is 0 Å². The fraction of sp³-hybridized carbons (Fsp3) is 0.118. The lowest BCUT2D eigenvalue weighted by Crippen LogP contribution is -2.29. The van der Waals surface area contributed by atoms with Crippen molar-refractivity contribution >= 4 is 26.8 Å².